The first kappa shape index (κ1) is 17.9. The highest BCUT2D eigenvalue weighted by Gasteiger charge is 2.27. The minimum Gasteiger partial charge on any atom is -0.497 e. The highest BCUT2D eigenvalue weighted by molar-refractivity contribution is 7.22. The van der Waals surface area contributed by atoms with Crippen LogP contribution in [0.1, 0.15) is 23.2 Å². The Hall–Kier alpha value is -2.51. The molecule has 1 aliphatic heterocycles. The minimum absolute atomic E-state index is 0.0176. The SMILES string of the molecule is COc1ccc(C(=O)N(CC2CCCO2)c2nc3ccc(F)cc3s2)cc1. The van der Waals surface area contributed by atoms with E-state index in [1.807, 2.05) is 0 Å². The third kappa shape index (κ3) is 3.79. The van der Waals surface area contributed by atoms with Crippen molar-refractivity contribution in [2.75, 3.05) is 25.2 Å². The van der Waals surface area contributed by atoms with Crippen LogP contribution in [0.2, 0.25) is 0 Å². The van der Waals surface area contributed by atoms with E-state index in [2.05, 4.69) is 4.98 Å². The van der Waals surface area contributed by atoms with Crippen molar-refractivity contribution in [2.45, 2.75) is 18.9 Å². The van der Waals surface area contributed by atoms with Crippen LogP contribution in [-0.4, -0.2) is 37.3 Å². The molecule has 5 nitrogen and oxygen atoms in total. The summed E-state index contributed by atoms with van der Waals surface area (Å²) in [5.41, 5.74) is 1.22. The van der Waals surface area contributed by atoms with Crippen LogP contribution < -0.4 is 9.64 Å². The molecule has 140 valence electrons. The fraction of sp³-hybridized carbons (Fsp3) is 0.300. The number of amides is 1. The van der Waals surface area contributed by atoms with Crippen LogP contribution in [-0.2, 0) is 4.74 Å². The normalized spacial score (nSPS) is 16.6. The summed E-state index contributed by atoms with van der Waals surface area (Å²) < 4.78 is 25.1. The molecule has 1 aliphatic rings. The van der Waals surface area contributed by atoms with Crippen LogP contribution in [0.5, 0.6) is 5.75 Å². The summed E-state index contributed by atoms with van der Waals surface area (Å²) in [5.74, 6) is 0.213. The van der Waals surface area contributed by atoms with Gasteiger partial charge in [0.25, 0.3) is 5.91 Å². The quantitative estimate of drug-likeness (QED) is 0.657. The maximum absolute atomic E-state index is 13.5. The molecule has 3 aromatic rings. The van der Waals surface area contributed by atoms with Gasteiger partial charge in [-0.15, -0.1) is 0 Å². The third-order valence-corrected chi connectivity index (χ3v) is 5.60. The fourth-order valence-corrected chi connectivity index (χ4v) is 4.13. The van der Waals surface area contributed by atoms with Gasteiger partial charge in [-0.2, -0.15) is 0 Å². The molecule has 1 aromatic heterocycles. The van der Waals surface area contributed by atoms with E-state index in [0.29, 0.717) is 39.8 Å². The molecule has 0 spiro atoms. The number of ether oxygens (including phenoxy) is 2. The van der Waals surface area contributed by atoms with Crippen LogP contribution in [0.25, 0.3) is 10.2 Å². The fourth-order valence-electron chi connectivity index (χ4n) is 3.13. The molecule has 1 saturated heterocycles. The van der Waals surface area contributed by atoms with Gasteiger partial charge in [-0.1, -0.05) is 11.3 Å². The second-order valence-electron chi connectivity index (χ2n) is 6.39. The van der Waals surface area contributed by atoms with Crippen LogP contribution in [0.15, 0.2) is 42.5 Å². The predicted molar refractivity (Wildman–Crippen MR) is 103 cm³/mol. The molecular weight excluding hydrogens is 367 g/mol. The van der Waals surface area contributed by atoms with Gasteiger partial charge in [0, 0.05) is 12.2 Å². The maximum atomic E-state index is 13.5. The summed E-state index contributed by atoms with van der Waals surface area (Å²) in [5, 5.41) is 0.548. The van der Waals surface area contributed by atoms with Gasteiger partial charge < -0.3 is 9.47 Å². The van der Waals surface area contributed by atoms with Crippen LogP contribution >= 0.6 is 11.3 Å². The van der Waals surface area contributed by atoms with E-state index >= 15 is 0 Å². The van der Waals surface area contributed by atoms with Crippen molar-refractivity contribution < 1.29 is 18.7 Å². The average molecular weight is 386 g/mol. The number of carbonyl (C=O) groups excluding carboxylic acids is 1. The number of carbonyl (C=O) groups is 1. The number of benzene rings is 2. The number of fused-ring (bicyclic) bond motifs is 1. The highest BCUT2D eigenvalue weighted by atomic mass is 32.1. The molecule has 0 radical (unpaired) electrons. The molecule has 1 unspecified atom stereocenters. The number of hydrogen-bond acceptors (Lipinski definition) is 5. The molecule has 0 bridgehead atoms. The Bertz CT molecular complexity index is 952. The topological polar surface area (TPSA) is 51.7 Å². The Kier molecular flexibility index (Phi) is 5.05. The molecule has 1 amide bonds. The zero-order chi connectivity index (χ0) is 18.8. The molecule has 0 aliphatic carbocycles. The van der Waals surface area contributed by atoms with Crippen molar-refractivity contribution in [2.24, 2.45) is 0 Å². The van der Waals surface area contributed by atoms with E-state index in [-0.39, 0.29) is 17.8 Å². The number of anilines is 1. The largest absolute Gasteiger partial charge is 0.497 e. The number of nitrogens with zero attached hydrogens (tertiary/aromatic N) is 2. The van der Waals surface area contributed by atoms with Crippen LogP contribution in [0, 0.1) is 5.82 Å². The van der Waals surface area contributed by atoms with E-state index in [1.54, 1.807) is 42.3 Å². The number of methoxy groups -OCH3 is 1. The molecule has 4 rings (SSSR count). The standard InChI is InChI=1S/C20H19FN2O3S/c1-25-15-7-4-13(5-8-15)19(24)23(12-16-3-2-10-26-16)20-22-17-9-6-14(21)11-18(17)27-20/h4-9,11,16H,2-3,10,12H2,1H3. The van der Waals surface area contributed by atoms with Crippen molar-refractivity contribution in [1.29, 1.82) is 0 Å². The van der Waals surface area contributed by atoms with Gasteiger partial charge >= 0.3 is 0 Å². The van der Waals surface area contributed by atoms with E-state index < -0.39 is 0 Å². The lowest BCUT2D eigenvalue weighted by Gasteiger charge is -2.23. The second-order valence-corrected chi connectivity index (χ2v) is 7.40. The lowest BCUT2D eigenvalue weighted by molar-refractivity contribution is 0.0917. The molecule has 2 aromatic carbocycles. The van der Waals surface area contributed by atoms with Gasteiger partial charge in [0.05, 0.1) is 30.0 Å². The Morgan fingerprint density at radius 2 is 2.15 bits per heavy atom. The molecule has 0 saturated carbocycles. The molecule has 1 atom stereocenters. The summed E-state index contributed by atoms with van der Waals surface area (Å²) in [6.45, 7) is 1.13. The number of thiazole rings is 1. The van der Waals surface area contributed by atoms with Crippen molar-refractivity contribution in [3.8, 4) is 5.75 Å². The summed E-state index contributed by atoms with van der Waals surface area (Å²) in [6, 6.07) is 11.4. The Balaban J connectivity index is 1.69. The number of hydrogen-bond donors (Lipinski definition) is 0. The van der Waals surface area contributed by atoms with E-state index in [1.165, 1.54) is 23.5 Å². The zero-order valence-corrected chi connectivity index (χ0v) is 15.7. The van der Waals surface area contributed by atoms with Gasteiger partial charge in [0.2, 0.25) is 0 Å². The van der Waals surface area contributed by atoms with Gasteiger partial charge in [-0.05, 0) is 55.3 Å². The van der Waals surface area contributed by atoms with Crippen molar-refractivity contribution in [3.63, 3.8) is 0 Å². The number of rotatable bonds is 5. The first-order valence-electron chi connectivity index (χ1n) is 8.77. The lowest BCUT2D eigenvalue weighted by Crippen LogP contribution is -2.37. The maximum Gasteiger partial charge on any atom is 0.260 e. The molecule has 1 fully saturated rings. The van der Waals surface area contributed by atoms with Crippen molar-refractivity contribution in [3.05, 3.63) is 53.8 Å². The molecule has 27 heavy (non-hydrogen) atoms. The summed E-state index contributed by atoms with van der Waals surface area (Å²) in [7, 11) is 1.58. The molecule has 7 heteroatoms. The van der Waals surface area contributed by atoms with Gasteiger partial charge in [0.15, 0.2) is 5.13 Å². The predicted octanol–water partition coefficient (Wildman–Crippen LogP) is 4.27. The minimum atomic E-state index is -0.315. The van der Waals surface area contributed by atoms with Crippen molar-refractivity contribution in [1.82, 2.24) is 4.98 Å². The summed E-state index contributed by atoms with van der Waals surface area (Å²) in [4.78, 5) is 19.4. The Labute approximate surface area is 160 Å². The summed E-state index contributed by atoms with van der Waals surface area (Å²) in [6.07, 6.45) is 1.88. The van der Waals surface area contributed by atoms with Gasteiger partial charge in [-0.25, -0.2) is 9.37 Å². The molecule has 2 heterocycles. The second kappa shape index (κ2) is 7.62. The number of aromatic nitrogens is 1. The third-order valence-electron chi connectivity index (χ3n) is 4.56. The van der Waals surface area contributed by atoms with Gasteiger partial charge in [-0.3, -0.25) is 9.69 Å². The monoisotopic (exact) mass is 386 g/mol. The van der Waals surface area contributed by atoms with E-state index in [4.69, 9.17) is 9.47 Å². The highest BCUT2D eigenvalue weighted by Crippen LogP contribution is 2.31. The molecular formula is C20H19FN2O3S. The Morgan fingerprint density at radius 1 is 1.33 bits per heavy atom. The first-order chi connectivity index (χ1) is 13.1. The van der Waals surface area contributed by atoms with E-state index in [9.17, 15) is 9.18 Å². The zero-order valence-electron chi connectivity index (χ0n) is 14.9. The van der Waals surface area contributed by atoms with Gasteiger partial charge in [0.1, 0.15) is 11.6 Å². The lowest BCUT2D eigenvalue weighted by atomic mass is 10.1. The summed E-state index contributed by atoms with van der Waals surface area (Å²) >= 11 is 1.31. The average Bonchev–Trinajstić information content (AvgIpc) is 3.34. The van der Waals surface area contributed by atoms with Crippen LogP contribution in [0.4, 0.5) is 9.52 Å². The first-order valence-corrected chi connectivity index (χ1v) is 9.59. The Morgan fingerprint density at radius 3 is 2.85 bits per heavy atom. The molecule has 0 N–H and O–H groups in total. The number of halogens is 1. The van der Waals surface area contributed by atoms with E-state index in [0.717, 1.165) is 12.8 Å². The smallest absolute Gasteiger partial charge is 0.260 e. The van der Waals surface area contributed by atoms with Crippen LogP contribution in [0.3, 0.4) is 0 Å². The van der Waals surface area contributed by atoms with Crippen molar-refractivity contribution >= 4 is 32.6 Å².